The molecular formula is C15H18BrN3. The Hall–Kier alpha value is -1.13. The number of halogens is 1. The minimum absolute atomic E-state index is 0.680. The first-order chi connectivity index (χ1) is 9.31. The van der Waals surface area contributed by atoms with Gasteiger partial charge in [0.15, 0.2) is 0 Å². The molecule has 0 atom stereocenters. The second kappa shape index (κ2) is 5.88. The molecule has 0 radical (unpaired) electrons. The Kier molecular flexibility index (Phi) is 3.99. The maximum atomic E-state index is 4.45. The van der Waals surface area contributed by atoms with Gasteiger partial charge in [-0.2, -0.15) is 0 Å². The van der Waals surface area contributed by atoms with Crippen LogP contribution in [0.1, 0.15) is 31.5 Å². The summed E-state index contributed by atoms with van der Waals surface area (Å²) in [4.78, 5) is 7.84. The lowest BCUT2D eigenvalue weighted by Gasteiger charge is -2.09. The van der Waals surface area contributed by atoms with Crippen molar-refractivity contribution >= 4 is 15.9 Å². The lowest BCUT2D eigenvalue weighted by atomic mass is 10.2. The first-order valence-electron chi connectivity index (χ1n) is 6.84. The molecule has 0 spiro atoms. The molecule has 1 aromatic heterocycles. The number of aromatic amines is 1. The second-order valence-electron chi connectivity index (χ2n) is 5.12. The van der Waals surface area contributed by atoms with Gasteiger partial charge >= 0.3 is 0 Å². The van der Waals surface area contributed by atoms with Gasteiger partial charge in [-0.3, -0.25) is 0 Å². The van der Waals surface area contributed by atoms with E-state index in [0.29, 0.717) is 6.04 Å². The molecule has 0 amide bonds. The van der Waals surface area contributed by atoms with Crippen LogP contribution >= 0.6 is 15.9 Å². The van der Waals surface area contributed by atoms with Crippen LogP contribution in [0.5, 0.6) is 0 Å². The number of rotatable bonds is 4. The number of nitrogens with one attached hydrogen (secondary N) is 2. The molecule has 0 aliphatic heterocycles. The van der Waals surface area contributed by atoms with Crippen LogP contribution in [0, 0.1) is 0 Å². The van der Waals surface area contributed by atoms with Crippen LogP contribution < -0.4 is 5.32 Å². The third-order valence-corrected chi connectivity index (χ3v) is 4.17. The molecule has 0 saturated heterocycles. The Labute approximate surface area is 122 Å². The van der Waals surface area contributed by atoms with Crippen LogP contribution in [-0.2, 0) is 6.54 Å². The minimum atomic E-state index is 0.680. The molecule has 1 heterocycles. The molecule has 1 saturated carbocycles. The standard InChI is InChI=1S/C15H18BrN3/c16-12-5-3-4-11(8-12)14-9-18-15(19-14)10-17-13-6-1-2-7-13/h3-5,8-9,13,17H,1-2,6-7,10H2,(H,18,19). The van der Waals surface area contributed by atoms with E-state index in [9.17, 15) is 0 Å². The van der Waals surface area contributed by atoms with Crippen LogP contribution in [-0.4, -0.2) is 16.0 Å². The van der Waals surface area contributed by atoms with E-state index in [1.54, 1.807) is 0 Å². The number of nitrogens with zero attached hydrogens (tertiary/aromatic N) is 1. The van der Waals surface area contributed by atoms with Gasteiger partial charge in [0.2, 0.25) is 0 Å². The number of benzene rings is 1. The van der Waals surface area contributed by atoms with Crippen LogP contribution in [0.4, 0.5) is 0 Å². The predicted octanol–water partition coefficient (Wildman–Crippen LogP) is 3.87. The summed E-state index contributed by atoms with van der Waals surface area (Å²) in [5, 5.41) is 3.57. The van der Waals surface area contributed by atoms with E-state index in [2.05, 4.69) is 43.3 Å². The highest BCUT2D eigenvalue weighted by molar-refractivity contribution is 9.10. The van der Waals surface area contributed by atoms with E-state index < -0.39 is 0 Å². The van der Waals surface area contributed by atoms with Gasteiger partial charge < -0.3 is 10.3 Å². The summed E-state index contributed by atoms with van der Waals surface area (Å²) in [7, 11) is 0. The lowest BCUT2D eigenvalue weighted by Crippen LogP contribution is -2.25. The monoisotopic (exact) mass is 319 g/mol. The van der Waals surface area contributed by atoms with Crippen molar-refractivity contribution in [2.75, 3.05) is 0 Å². The van der Waals surface area contributed by atoms with E-state index in [1.807, 2.05) is 18.3 Å². The third kappa shape index (κ3) is 3.25. The minimum Gasteiger partial charge on any atom is -0.341 e. The second-order valence-corrected chi connectivity index (χ2v) is 6.03. The number of aromatic nitrogens is 2. The molecule has 0 bridgehead atoms. The van der Waals surface area contributed by atoms with Crippen molar-refractivity contribution in [3.8, 4) is 11.3 Å². The largest absolute Gasteiger partial charge is 0.341 e. The molecule has 0 unspecified atom stereocenters. The van der Waals surface area contributed by atoms with Crippen LogP contribution in [0.25, 0.3) is 11.3 Å². The molecule has 3 nitrogen and oxygen atoms in total. The van der Waals surface area contributed by atoms with Gasteiger partial charge in [-0.1, -0.05) is 40.9 Å². The average molecular weight is 320 g/mol. The molecule has 2 aromatic rings. The first-order valence-corrected chi connectivity index (χ1v) is 7.64. The summed E-state index contributed by atoms with van der Waals surface area (Å²) >= 11 is 3.50. The molecule has 3 rings (SSSR count). The van der Waals surface area contributed by atoms with Crippen molar-refractivity contribution in [3.63, 3.8) is 0 Å². The highest BCUT2D eigenvalue weighted by atomic mass is 79.9. The van der Waals surface area contributed by atoms with Gasteiger partial charge in [0.1, 0.15) is 5.82 Å². The third-order valence-electron chi connectivity index (χ3n) is 3.68. The normalized spacial score (nSPS) is 16.1. The van der Waals surface area contributed by atoms with Gasteiger partial charge in [-0.15, -0.1) is 0 Å². The van der Waals surface area contributed by atoms with Gasteiger partial charge in [0.25, 0.3) is 0 Å². The number of imidazole rings is 1. The quantitative estimate of drug-likeness (QED) is 0.898. The molecule has 1 fully saturated rings. The number of hydrogen-bond donors (Lipinski definition) is 2. The molecule has 4 heteroatoms. The topological polar surface area (TPSA) is 40.7 Å². The van der Waals surface area contributed by atoms with Crippen LogP contribution in [0.2, 0.25) is 0 Å². The summed E-state index contributed by atoms with van der Waals surface area (Å²) in [6.45, 7) is 0.832. The number of H-pyrrole nitrogens is 1. The van der Waals surface area contributed by atoms with Gasteiger partial charge in [0, 0.05) is 16.1 Å². The first kappa shape index (κ1) is 12.9. The van der Waals surface area contributed by atoms with Crippen molar-refractivity contribution in [2.24, 2.45) is 0 Å². The van der Waals surface area contributed by atoms with E-state index in [4.69, 9.17) is 0 Å². The molecule has 1 aliphatic rings. The van der Waals surface area contributed by atoms with E-state index in [-0.39, 0.29) is 0 Å². The summed E-state index contributed by atoms with van der Waals surface area (Å²) in [6, 6.07) is 8.94. The SMILES string of the molecule is Brc1cccc(-c2cnc(CNC3CCCC3)[nH]2)c1. The maximum Gasteiger partial charge on any atom is 0.120 e. The fraction of sp³-hybridized carbons (Fsp3) is 0.400. The van der Waals surface area contributed by atoms with Crippen molar-refractivity contribution in [3.05, 3.63) is 40.8 Å². The van der Waals surface area contributed by atoms with Crippen LogP contribution in [0.3, 0.4) is 0 Å². The number of hydrogen-bond acceptors (Lipinski definition) is 2. The van der Waals surface area contributed by atoms with Gasteiger partial charge in [-0.25, -0.2) is 4.98 Å². The van der Waals surface area contributed by atoms with Crippen molar-refractivity contribution < 1.29 is 0 Å². The highest BCUT2D eigenvalue weighted by Gasteiger charge is 2.14. The molecule has 2 N–H and O–H groups in total. The molecule has 19 heavy (non-hydrogen) atoms. The Morgan fingerprint density at radius 2 is 2.16 bits per heavy atom. The highest BCUT2D eigenvalue weighted by Crippen LogP contribution is 2.22. The zero-order valence-corrected chi connectivity index (χ0v) is 12.4. The van der Waals surface area contributed by atoms with Crippen molar-refractivity contribution in [1.82, 2.24) is 15.3 Å². The van der Waals surface area contributed by atoms with Crippen molar-refractivity contribution in [1.29, 1.82) is 0 Å². The summed E-state index contributed by atoms with van der Waals surface area (Å²) in [5.74, 6) is 1.02. The summed E-state index contributed by atoms with van der Waals surface area (Å²) in [6.07, 6.45) is 7.24. The predicted molar refractivity (Wildman–Crippen MR) is 80.8 cm³/mol. The van der Waals surface area contributed by atoms with Crippen LogP contribution in [0.15, 0.2) is 34.9 Å². The summed E-state index contributed by atoms with van der Waals surface area (Å²) in [5.41, 5.74) is 2.23. The fourth-order valence-corrected chi connectivity index (χ4v) is 3.03. The van der Waals surface area contributed by atoms with E-state index in [1.165, 1.54) is 25.7 Å². The average Bonchev–Trinajstić information content (AvgIpc) is 3.08. The molecule has 1 aromatic carbocycles. The van der Waals surface area contributed by atoms with E-state index >= 15 is 0 Å². The Morgan fingerprint density at radius 1 is 1.32 bits per heavy atom. The Morgan fingerprint density at radius 3 is 2.95 bits per heavy atom. The molecule has 1 aliphatic carbocycles. The molecular weight excluding hydrogens is 302 g/mol. The maximum absolute atomic E-state index is 4.45. The Bertz CT molecular complexity index is 544. The van der Waals surface area contributed by atoms with Gasteiger partial charge in [0.05, 0.1) is 18.4 Å². The van der Waals surface area contributed by atoms with Gasteiger partial charge in [-0.05, 0) is 25.0 Å². The molecule has 100 valence electrons. The zero-order chi connectivity index (χ0) is 13.1. The lowest BCUT2D eigenvalue weighted by molar-refractivity contribution is 0.515. The smallest absolute Gasteiger partial charge is 0.120 e. The Balaban J connectivity index is 1.65. The summed E-state index contributed by atoms with van der Waals surface area (Å²) < 4.78 is 1.09. The van der Waals surface area contributed by atoms with E-state index in [0.717, 1.165) is 28.1 Å². The van der Waals surface area contributed by atoms with Crippen molar-refractivity contribution in [2.45, 2.75) is 38.3 Å². The fourth-order valence-electron chi connectivity index (χ4n) is 2.63. The zero-order valence-electron chi connectivity index (χ0n) is 10.8.